The van der Waals surface area contributed by atoms with E-state index < -0.39 is 0 Å². The van der Waals surface area contributed by atoms with Crippen molar-refractivity contribution >= 4 is 0 Å². The van der Waals surface area contributed by atoms with Crippen LogP contribution in [0.5, 0.6) is 0 Å². The second-order valence-electron chi connectivity index (χ2n) is 4.90. The molecule has 4 nitrogen and oxygen atoms in total. The highest BCUT2D eigenvalue weighted by atomic mass is 16.5. The molecule has 0 heterocycles. The molecule has 0 aromatic carbocycles. The van der Waals surface area contributed by atoms with Gasteiger partial charge in [0.05, 0.1) is 18.2 Å². The van der Waals surface area contributed by atoms with Gasteiger partial charge in [-0.2, -0.15) is 0 Å². The Kier molecular flexibility index (Phi) is 6.41. The summed E-state index contributed by atoms with van der Waals surface area (Å²) in [6.07, 6.45) is 5.00. The van der Waals surface area contributed by atoms with Gasteiger partial charge in [-0.1, -0.05) is 12.8 Å². The zero-order valence-corrected chi connectivity index (χ0v) is 11.6. The van der Waals surface area contributed by atoms with Gasteiger partial charge in [-0.25, -0.2) is 0 Å². The monoisotopic (exact) mass is 244 g/mol. The van der Waals surface area contributed by atoms with Crippen LogP contribution in [-0.2, 0) is 9.47 Å². The first-order valence-electron chi connectivity index (χ1n) is 6.73. The summed E-state index contributed by atoms with van der Waals surface area (Å²) in [6, 6.07) is 0. The predicted octanol–water partition coefficient (Wildman–Crippen LogP) is 1.24. The van der Waals surface area contributed by atoms with E-state index in [2.05, 4.69) is 11.9 Å². The molecular formula is C13H28N2O2. The van der Waals surface area contributed by atoms with Crippen molar-refractivity contribution in [2.45, 2.75) is 44.2 Å². The first-order valence-corrected chi connectivity index (χ1v) is 6.73. The van der Waals surface area contributed by atoms with E-state index in [0.717, 1.165) is 32.6 Å². The first-order chi connectivity index (χ1) is 8.21. The Bertz CT molecular complexity index is 214. The van der Waals surface area contributed by atoms with Crippen LogP contribution >= 0.6 is 0 Å². The number of nitrogens with two attached hydrogens (primary N) is 1. The molecule has 1 aliphatic rings. The van der Waals surface area contributed by atoms with Crippen LogP contribution in [0.25, 0.3) is 0 Å². The number of rotatable bonds is 7. The molecule has 102 valence electrons. The molecule has 0 bridgehead atoms. The lowest BCUT2D eigenvalue weighted by Gasteiger charge is -2.48. The summed E-state index contributed by atoms with van der Waals surface area (Å²) in [5, 5.41) is 0. The van der Waals surface area contributed by atoms with E-state index in [9.17, 15) is 0 Å². The molecule has 2 N–H and O–H groups in total. The third kappa shape index (κ3) is 3.41. The van der Waals surface area contributed by atoms with Crippen molar-refractivity contribution in [1.29, 1.82) is 0 Å². The van der Waals surface area contributed by atoms with Crippen LogP contribution in [0.15, 0.2) is 0 Å². The molecule has 0 amide bonds. The van der Waals surface area contributed by atoms with E-state index in [1.165, 1.54) is 12.8 Å². The topological polar surface area (TPSA) is 47.7 Å². The molecule has 0 aromatic rings. The molecule has 4 heteroatoms. The second-order valence-corrected chi connectivity index (χ2v) is 4.90. The minimum atomic E-state index is 0.00407. The Hall–Kier alpha value is -0.160. The summed E-state index contributed by atoms with van der Waals surface area (Å²) in [7, 11) is 3.94. The van der Waals surface area contributed by atoms with Gasteiger partial charge in [0.25, 0.3) is 0 Å². The fourth-order valence-electron chi connectivity index (χ4n) is 2.92. The van der Waals surface area contributed by atoms with Crippen molar-refractivity contribution in [1.82, 2.24) is 4.90 Å². The van der Waals surface area contributed by atoms with Crippen LogP contribution in [0, 0.1) is 0 Å². The minimum Gasteiger partial charge on any atom is -0.380 e. The molecular weight excluding hydrogens is 216 g/mol. The lowest BCUT2D eigenvalue weighted by atomic mass is 9.78. The minimum absolute atomic E-state index is 0.00407. The highest BCUT2D eigenvalue weighted by Gasteiger charge is 2.43. The molecule has 1 rings (SSSR count). The van der Waals surface area contributed by atoms with Crippen molar-refractivity contribution < 1.29 is 9.47 Å². The maximum absolute atomic E-state index is 6.05. The molecule has 1 fully saturated rings. The van der Waals surface area contributed by atoms with Gasteiger partial charge in [0, 0.05) is 26.8 Å². The van der Waals surface area contributed by atoms with Gasteiger partial charge in [-0.3, -0.25) is 4.90 Å². The highest BCUT2D eigenvalue weighted by Crippen LogP contribution is 2.34. The van der Waals surface area contributed by atoms with Gasteiger partial charge in [0.1, 0.15) is 0 Å². The number of hydrogen-bond acceptors (Lipinski definition) is 4. The van der Waals surface area contributed by atoms with E-state index in [1.54, 1.807) is 7.11 Å². The lowest BCUT2D eigenvalue weighted by Crippen LogP contribution is -2.62. The van der Waals surface area contributed by atoms with E-state index in [-0.39, 0.29) is 11.6 Å². The molecule has 0 saturated heterocycles. The van der Waals surface area contributed by atoms with E-state index >= 15 is 0 Å². The fourth-order valence-corrected chi connectivity index (χ4v) is 2.92. The number of methoxy groups -OCH3 is 1. The Morgan fingerprint density at radius 1 is 1.41 bits per heavy atom. The highest BCUT2D eigenvalue weighted by molar-refractivity contribution is 5.00. The van der Waals surface area contributed by atoms with Crippen LogP contribution in [0.2, 0.25) is 0 Å². The zero-order valence-electron chi connectivity index (χ0n) is 11.6. The molecule has 2 unspecified atom stereocenters. The maximum Gasteiger partial charge on any atom is 0.0767 e. The standard InChI is InChI=1S/C13H28N2O2/c1-4-17-10-9-15(2)13(11-14)8-6-5-7-12(13)16-3/h12H,4-11,14H2,1-3H3. The maximum atomic E-state index is 6.05. The summed E-state index contributed by atoms with van der Waals surface area (Å²) < 4.78 is 11.1. The van der Waals surface area contributed by atoms with Crippen LogP contribution in [0.1, 0.15) is 32.6 Å². The summed E-state index contributed by atoms with van der Waals surface area (Å²) in [5.41, 5.74) is 6.05. The van der Waals surface area contributed by atoms with Gasteiger partial charge in [-0.05, 0) is 26.8 Å². The van der Waals surface area contributed by atoms with Crippen molar-refractivity contribution in [3.8, 4) is 0 Å². The molecule has 17 heavy (non-hydrogen) atoms. The Morgan fingerprint density at radius 2 is 2.18 bits per heavy atom. The molecule has 0 aromatic heterocycles. The van der Waals surface area contributed by atoms with Gasteiger partial charge in [-0.15, -0.1) is 0 Å². The van der Waals surface area contributed by atoms with Crippen molar-refractivity contribution in [2.75, 3.05) is 40.5 Å². The summed E-state index contributed by atoms with van der Waals surface area (Å²) in [4.78, 5) is 2.34. The number of likely N-dealkylation sites (N-methyl/N-ethyl adjacent to an activating group) is 1. The molecule has 0 aliphatic heterocycles. The molecule has 1 saturated carbocycles. The summed E-state index contributed by atoms with van der Waals surface area (Å²) >= 11 is 0. The fraction of sp³-hybridized carbons (Fsp3) is 1.00. The Labute approximate surface area is 105 Å². The van der Waals surface area contributed by atoms with Crippen LogP contribution < -0.4 is 5.73 Å². The Morgan fingerprint density at radius 3 is 2.76 bits per heavy atom. The van der Waals surface area contributed by atoms with Gasteiger partial charge in [0.15, 0.2) is 0 Å². The quantitative estimate of drug-likeness (QED) is 0.685. The smallest absolute Gasteiger partial charge is 0.0767 e. The number of nitrogens with zero attached hydrogens (tertiary/aromatic N) is 1. The van der Waals surface area contributed by atoms with Crippen molar-refractivity contribution in [3.05, 3.63) is 0 Å². The molecule has 0 spiro atoms. The Balaban J connectivity index is 2.63. The lowest BCUT2D eigenvalue weighted by molar-refractivity contribution is -0.0716. The predicted molar refractivity (Wildman–Crippen MR) is 70.2 cm³/mol. The van der Waals surface area contributed by atoms with Crippen molar-refractivity contribution in [3.63, 3.8) is 0 Å². The number of ether oxygens (including phenoxy) is 2. The van der Waals surface area contributed by atoms with Gasteiger partial charge >= 0.3 is 0 Å². The summed E-state index contributed by atoms with van der Waals surface area (Å²) in [6.45, 7) is 5.15. The van der Waals surface area contributed by atoms with Crippen LogP contribution in [0.3, 0.4) is 0 Å². The molecule has 0 radical (unpaired) electrons. The number of hydrogen-bond donors (Lipinski definition) is 1. The average molecular weight is 244 g/mol. The first kappa shape index (κ1) is 14.9. The van der Waals surface area contributed by atoms with Gasteiger partial charge < -0.3 is 15.2 Å². The molecule has 1 aliphatic carbocycles. The van der Waals surface area contributed by atoms with Crippen LogP contribution in [0.4, 0.5) is 0 Å². The van der Waals surface area contributed by atoms with Crippen LogP contribution in [-0.4, -0.2) is 57.0 Å². The second kappa shape index (κ2) is 7.31. The molecule has 2 atom stereocenters. The zero-order chi connectivity index (χ0) is 12.7. The third-order valence-corrected chi connectivity index (χ3v) is 4.10. The summed E-state index contributed by atoms with van der Waals surface area (Å²) in [5.74, 6) is 0. The normalized spacial score (nSPS) is 29.8. The van der Waals surface area contributed by atoms with Gasteiger partial charge in [0.2, 0.25) is 0 Å². The van der Waals surface area contributed by atoms with E-state index in [4.69, 9.17) is 15.2 Å². The average Bonchev–Trinajstić information content (AvgIpc) is 2.38. The largest absolute Gasteiger partial charge is 0.380 e. The van der Waals surface area contributed by atoms with E-state index in [1.807, 2.05) is 6.92 Å². The van der Waals surface area contributed by atoms with E-state index in [0.29, 0.717) is 6.54 Å². The van der Waals surface area contributed by atoms with Crippen molar-refractivity contribution in [2.24, 2.45) is 5.73 Å². The third-order valence-electron chi connectivity index (χ3n) is 4.10. The SMILES string of the molecule is CCOCCN(C)C1(CN)CCCCC1OC.